The van der Waals surface area contributed by atoms with E-state index < -0.39 is 0 Å². The van der Waals surface area contributed by atoms with Crippen molar-refractivity contribution in [1.82, 2.24) is 29.6 Å². The van der Waals surface area contributed by atoms with E-state index in [2.05, 4.69) is 30.3 Å². The Hall–Kier alpha value is -2.26. The molecule has 0 radical (unpaired) electrons. The summed E-state index contributed by atoms with van der Waals surface area (Å²) < 4.78 is 7.00. The van der Waals surface area contributed by atoms with Gasteiger partial charge in [0.15, 0.2) is 0 Å². The summed E-state index contributed by atoms with van der Waals surface area (Å²) in [4.78, 5) is 14.4. The topological polar surface area (TPSA) is 107 Å². The molecule has 2 aromatic heterocycles. The molecule has 2 aromatic rings. The zero-order valence-electron chi connectivity index (χ0n) is 12.2. The number of ether oxygens (including phenoxy) is 1. The maximum atomic E-state index is 5.67. The second-order valence-corrected chi connectivity index (χ2v) is 4.61. The first-order valence-electron chi connectivity index (χ1n) is 6.63. The average molecular weight is 292 g/mol. The number of nitrogens with one attached hydrogen (secondary N) is 1. The fraction of sp³-hybridized carbons (Fsp3) is 0.500. The summed E-state index contributed by atoms with van der Waals surface area (Å²) in [6.45, 7) is 2.74. The lowest BCUT2D eigenvalue weighted by Gasteiger charge is -2.10. The molecule has 0 amide bonds. The van der Waals surface area contributed by atoms with Crippen molar-refractivity contribution in [2.24, 2.45) is 0 Å². The summed E-state index contributed by atoms with van der Waals surface area (Å²) in [5.74, 6) is 0.930. The van der Waals surface area contributed by atoms with Crippen LogP contribution in [0.5, 0.6) is 0 Å². The first-order valence-corrected chi connectivity index (χ1v) is 6.63. The van der Waals surface area contributed by atoms with Crippen molar-refractivity contribution in [3.8, 4) is 5.95 Å². The van der Waals surface area contributed by atoms with Crippen LogP contribution >= 0.6 is 0 Å². The van der Waals surface area contributed by atoms with Crippen LogP contribution in [0.3, 0.4) is 0 Å². The van der Waals surface area contributed by atoms with Crippen molar-refractivity contribution < 1.29 is 4.74 Å². The standard InChI is InChI=1S/C12H20N8O/c1-19(2)7-9-21-8-5-14-11-16-10(13)17-12(18-11)20-6-3-4-15-20/h3-4,6H,5,7-9H2,1-2H3,(H3,13,14,16,17,18). The van der Waals surface area contributed by atoms with Crippen LogP contribution < -0.4 is 11.1 Å². The fourth-order valence-electron chi connectivity index (χ4n) is 1.53. The van der Waals surface area contributed by atoms with Gasteiger partial charge in [0.05, 0.1) is 13.2 Å². The predicted octanol–water partition coefficient (Wildman–Crippen LogP) is -0.370. The van der Waals surface area contributed by atoms with E-state index in [1.165, 1.54) is 4.68 Å². The summed E-state index contributed by atoms with van der Waals surface area (Å²) in [5.41, 5.74) is 5.67. The third-order valence-electron chi connectivity index (χ3n) is 2.56. The fourth-order valence-corrected chi connectivity index (χ4v) is 1.53. The summed E-state index contributed by atoms with van der Waals surface area (Å²) in [6.07, 6.45) is 3.38. The molecule has 0 aliphatic rings. The van der Waals surface area contributed by atoms with Crippen LogP contribution in [-0.2, 0) is 4.74 Å². The van der Waals surface area contributed by atoms with Gasteiger partial charge in [-0.05, 0) is 20.2 Å². The lowest BCUT2D eigenvalue weighted by Crippen LogP contribution is -2.20. The molecule has 114 valence electrons. The zero-order chi connectivity index (χ0) is 15.1. The monoisotopic (exact) mass is 292 g/mol. The van der Waals surface area contributed by atoms with E-state index in [9.17, 15) is 0 Å². The van der Waals surface area contributed by atoms with E-state index in [-0.39, 0.29) is 5.95 Å². The molecule has 3 N–H and O–H groups in total. The van der Waals surface area contributed by atoms with Gasteiger partial charge in [0.2, 0.25) is 11.9 Å². The molecule has 0 saturated heterocycles. The van der Waals surface area contributed by atoms with Crippen molar-refractivity contribution in [1.29, 1.82) is 0 Å². The maximum Gasteiger partial charge on any atom is 0.257 e. The van der Waals surface area contributed by atoms with E-state index in [4.69, 9.17) is 10.5 Å². The first kappa shape index (κ1) is 15.1. The number of anilines is 2. The van der Waals surface area contributed by atoms with E-state index in [0.717, 1.165) is 6.54 Å². The highest BCUT2D eigenvalue weighted by atomic mass is 16.5. The highest BCUT2D eigenvalue weighted by Crippen LogP contribution is 2.05. The van der Waals surface area contributed by atoms with Crippen molar-refractivity contribution in [2.45, 2.75) is 0 Å². The van der Waals surface area contributed by atoms with Crippen LogP contribution in [0.1, 0.15) is 0 Å². The minimum Gasteiger partial charge on any atom is -0.378 e. The van der Waals surface area contributed by atoms with Crippen LogP contribution in [0.25, 0.3) is 5.95 Å². The Morgan fingerprint density at radius 1 is 1.29 bits per heavy atom. The molecule has 0 fully saturated rings. The molecule has 2 rings (SSSR count). The van der Waals surface area contributed by atoms with Crippen molar-refractivity contribution in [2.75, 3.05) is 51.4 Å². The number of nitrogens with two attached hydrogens (primary N) is 1. The second-order valence-electron chi connectivity index (χ2n) is 4.61. The molecule has 0 spiro atoms. The van der Waals surface area contributed by atoms with E-state index in [0.29, 0.717) is 31.7 Å². The Morgan fingerprint density at radius 2 is 2.14 bits per heavy atom. The number of nitrogen functional groups attached to an aromatic ring is 1. The van der Waals surface area contributed by atoms with Crippen LogP contribution in [0.4, 0.5) is 11.9 Å². The van der Waals surface area contributed by atoms with E-state index >= 15 is 0 Å². The minimum atomic E-state index is 0.145. The predicted molar refractivity (Wildman–Crippen MR) is 79.2 cm³/mol. The van der Waals surface area contributed by atoms with Gasteiger partial charge in [-0.2, -0.15) is 20.1 Å². The molecular formula is C12H20N8O. The maximum absolute atomic E-state index is 5.67. The van der Waals surface area contributed by atoms with Gasteiger partial charge in [0.25, 0.3) is 5.95 Å². The molecule has 0 aromatic carbocycles. The number of likely N-dealkylation sites (N-methyl/N-ethyl adjacent to an activating group) is 1. The van der Waals surface area contributed by atoms with Gasteiger partial charge in [-0.1, -0.05) is 0 Å². The molecule has 9 heteroatoms. The van der Waals surface area contributed by atoms with Gasteiger partial charge in [-0.15, -0.1) is 0 Å². The van der Waals surface area contributed by atoms with Gasteiger partial charge in [0, 0.05) is 25.5 Å². The molecule has 0 saturated carbocycles. The number of hydrogen-bond donors (Lipinski definition) is 2. The molecular weight excluding hydrogens is 272 g/mol. The van der Waals surface area contributed by atoms with Crippen molar-refractivity contribution >= 4 is 11.9 Å². The lowest BCUT2D eigenvalue weighted by molar-refractivity contribution is 0.126. The van der Waals surface area contributed by atoms with Crippen LogP contribution in [0, 0.1) is 0 Å². The Bertz CT molecular complexity index is 542. The molecule has 0 bridgehead atoms. The van der Waals surface area contributed by atoms with Crippen LogP contribution in [0.2, 0.25) is 0 Å². The van der Waals surface area contributed by atoms with Gasteiger partial charge in [-0.25, -0.2) is 4.68 Å². The molecule has 2 heterocycles. The third kappa shape index (κ3) is 4.97. The normalized spacial score (nSPS) is 11.0. The summed E-state index contributed by atoms with van der Waals surface area (Å²) in [7, 11) is 4.01. The van der Waals surface area contributed by atoms with Crippen molar-refractivity contribution in [3.63, 3.8) is 0 Å². The number of aromatic nitrogens is 5. The van der Waals surface area contributed by atoms with Crippen LogP contribution in [0.15, 0.2) is 18.5 Å². The first-order chi connectivity index (χ1) is 10.1. The largest absolute Gasteiger partial charge is 0.378 e. The molecule has 0 aliphatic carbocycles. The Labute approximate surface area is 123 Å². The second kappa shape index (κ2) is 7.50. The van der Waals surface area contributed by atoms with Gasteiger partial charge >= 0.3 is 0 Å². The number of nitrogens with zero attached hydrogens (tertiary/aromatic N) is 6. The third-order valence-corrected chi connectivity index (χ3v) is 2.56. The lowest BCUT2D eigenvalue weighted by atomic mass is 10.6. The van der Waals surface area contributed by atoms with Gasteiger partial charge in [-0.3, -0.25) is 0 Å². The van der Waals surface area contributed by atoms with E-state index in [1.54, 1.807) is 18.5 Å². The van der Waals surface area contributed by atoms with Gasteiger partial charge < -0.3 is 20.7 Å². The molecule has 0 aliphatic heterocycles. The van der Waals surface area contributed by atoms with Crippen molar-refractivity contribution in [3.05, 3.63) is 18.5 Å². The smallest absolute Gasteiger partial charge is 0.257 e. The Kier molecular flexibility index (Phi) is 5.41. The number of rotatable bonds is 8. The van der Waals surface area contributed by atoms with Gasteiger partial charge in [0.1, 0.15) is 0 Å². The summed E-state index contributed by atoms with van der Waals surface area (Å²) in [6, 6.07) is 1.78. The molecule has 9 nitrogen and oxygen atoms in total. The van der Waals surface area contributed by atoms with Crippen LogP contribution in [-0.4, -0.2) is 70.0 Å². The Balaban J connectivity index is 1.83. The zero-order valence-corrected chi connectivity index (χ0v) is 12.2. The summed E-state index contributed by atoms with van der Waals surface area (Å²) >= 11 is 0. The number of hydrogen-bond acceptors (Lipinski definition) is 8. The highest BCUT2D eigenvalue weighted by Gasteiger charge is 2.06. The highest BCUT2D eigenvalue weighted by molar-refractivity contribution is 5.34. The minimum absolute atomic E-state index is 0.145. The quantitative estimate of drug-likeness (QED) is 0.635. The van der Waals surface area contributed by atoms with E-state index in [1.807, 2.05) is 14.1 Å². The average Bonchev–Trinajstić information content (AvgIpc) is 2.96. The molecule has 21 heavy (non-hydrogen) atoms. The SMILES string of the molecule is CN(C)CCOCCNc1nc(N)nc(-n2cccn2)n1. The summed E-state index contributed by atoms with van der Waals surface area (Å²) in [5, 5.41) is 7.11. The Morgan fingerprint density at radius 3 is 2.86 bits per heavy atom. The molecule has 0 unspecified atom stereocenters. The molecule has 0 atom stereocenters.